The number of aliphatic hydroxyl groups is 1. The molecule has 0 saturated carbocycles. The van der Waals surface area contributed by atoms with Crippen molar-refractivity contribution in [2.24, 2.45) is 0 Å². The van der Waals surface area contributed by atoms with Gasteiger partial charge in [0, 0.05) is 0 Å². The highest BCUT2D eigenvalue weighted by Gasteiger charge is 2.30. The molecule has 2 N–H and O–H groups in total. The lowest BCUT2D eigenvalue weighted by Gasteiger charge is -2.10. The number of alkyl halides is 3. The van der Waals surface area contributed by atoms with Gasteiger partial charge in [-0.05, 0) is 60.4 Å². The van der Waals surface area contributed by atoms with Crippen LogP contribution < -0.4 is 10.1 Å². The topological polar surface area (TPSA) is 71.5 Å². The molecule has 156 valence electrons. The molecular weight excluding hydrogens is 441 g/mol. The number of nitrogens with one attached hydrogen (secondary N) is 1. The quantitative estimate of drug-likeness (QED) is 0.343. The fraction of sp³-hybridized carbons (Fsp3) is 0.100. The van der Waals surface area contributed by atoms with E-state index in [9.17, 15) is 23.1 Å². The number of aromatic nitrogens is 1. The molecule has 0 aliphatic rings. The Morgan fingerprint density at radius 3 is 2.17 bits per heavy atom. The van der Waals surface area contributed by atoms with Crippen LogP contribution in [0.2, 0.25) is 5.02 Å². The zero-order valence-corrected chi connectivity index (χ0v) is 16.9. The number of carbonyl (C=O) groups is 1. The third kappa shape index (κ3) is 4.92. The van der Waals surface area contributed by atoms with E-state index < -0.39 is 17.6 Å². The van der Waals surface area contributed by atoms with Crippen molar-refractivity contribution < 1.29 is 27.8 Å². The summed E-state index contributed by atoms with van der Waals surface area (Å²) in [6.07, 6.45) is -3.75. The van der Waals surface area contributed by atoms with Gasteiger partial charge in [-0.15, -0.1) is 0 Å². The number of carbonyl (C=O) groups excluding carboxylic acids is 1. The zero-order valence-electron chi connectivity index (χ0n) is 15.3. The van der Waals surface area contributed by atoms with Crippen molar-refractivity contribution in [2.75, 3.05) is 5.32 Å². The predicted octanol–water partition coefficient (Wildman–Crippen LogP) is 6.45. The molecule has 0 fully saturated rings. The van der Waals surface area contributed by atoms with E-state index in [0.717, 1.165) is 23.7 Å². The molecule has 0 aliphatic heterocycles. The highest BCUT2D eigenvalue weighted by Crippen LogP contribution is 2.32. The van der Waals surface area contributed by atoms with E-state index in [1.165, 1.54) is 36.4 Å². The van der Waals surface area contributed by atoms with Crippen LogP contribution >= 0.6 is 23.1 Å². The van der Waals surface area contributed by atoms with Gasteiger partial charge < -0.3 is 15.2 Å². The first-order valence-electron chi connectivity index (χ1n) is 8.42. The van der Waals surface area contributed by atoms with Crippen LogP contribution in [0.25, 0.3) is 5.57 Å². The maximum atomic E-state index is 12.6. The van der Waals surface area contributed by atoms with E-state index in [1.807, 2.05) is 0 Å². The van der Waals surface area contributed by atoms with Gasteiger partial charge in [0.05, 0.1) is 28.1 Å². The van der Waals surface area contributed by atoms with Crippen LogP contribution in [0.1, 0.15) is 16.8 Å². The number of amides is 1. The summed E-state index contributed by atoms with van der Waals surface area (Å²) >= 11 is 7.07. The molecule has 0 spiro atoms. The Hall–Kier alpha value is -3.04. The molecule has 1 amide bonds. The maximum Gasteiger partial charge on any atom is 0.416 e. The minimum Gasteiger partial charge on any atom is -0.515 e. The smallest absolute Gasteiger partial charge is 0.416 e. The normalized spacial score (nSPS) is 12.0. The molecule has 5 nitrogen and oxygen atoms in total. The van der Waals surface area contributed by atoms with Crippen molar-refractivity contribution >= 4 is 39.6 Å². The first-order chi connectivity index (χ1) is 14.2. The van der Waals surface area contributed by atoms with Gasteiger partial charge in [-0.2, -0.15) is 17.5 Å². The van der Waals surface area contributed by atoms with Crippen molar-refractivity contribution in [1.29, 1.82) is 0 Å². The lowest BCUT2D eigenvalue weighted by Crippen LogP contribution is -2.13. The van der Waals surface area contributed by atoms with E-state index in [2.05, 4.69) is 9.69 Å². The highest BCUT2D eigenvalue weighted by molar-refractivity contribution is 7.11. The second-order valence-electron chi connectivity index (χ2n) is 6.06. The Kier molecular flexibility index (Phi) is 6.33. The van der Waals surface area contributed by atoms with Gasteiger partial charge in [0.1, 0.15) is 16.5 Å². The van der Waals surface area contributed by atoms with E-state index in [1.54, 1.807) is 6.92 Å². The summed E-state index contributed by atoms with van der Waals surface area (Å²) in [5.74, 6) is -0.0154. The second kappa shape index (κ2) is 8.76. The fourth-order valence-electron chi connectivity index (χ4n) is 2.42. The Balaban J connectivity index is 1.70. The minimum absolute atomic E-state index is 0.0156. The summed E-state index contributed by atoms with van der Waals surface area (Å²) in [5.41, 5.74) is 0.187. The average Bonchev–Trinajstić information content (AvgIpc) is 3.02. The van der Waals surface area contributed by atoms with Crippen molar-refractivity contribution in [3.05, 3.63) is 76.6 Å². The molecule has 10 heteroatoms. The average molecular weight is 455 g/mol. The molecule has 1 heterocycles. The maximum absolute atomic E-state index is 12.6. The van der Waals surface area contributed by atoms with Gasteiger partial charge in [0.2, 0.25) is 0 Å². The standard InChI is InChI=1S/C20H14ClF3N2O3S/c1-11-17(21)19(30-26-11)25-18(28)16(10-27)12-2-6-14(7-3-12)29-15-8-4-13(5-9-15)20(22,23)24/h2-10,27H,1H3,(H,25,28)/b16-10+. The van der Waals surface area contributed by atoms with Crippen molar-refractivity contribution in [2.45, 2.75) is 13.1 Å². The first kappa shape index (κ1) is 21.7. The van der Waals surface area contributed by atoms with Gasteiger partial charge in [-0.3, -0.25) is 4.79 Å². The van der Waals surface area contributed by atoms with E-state index in [0.29, 0.717) is 33.3 Å². The number of halogens is 4. The monoisotopic (exact) mass is 454 g/mol. The van der Waals surface area contributed by atoms with Gasteiger partial charge in [-0.1, -0.05) is 23.7 Å². The number of nitrogens with zero attached hydrogens (tertiary/aromatic N) is 1. The Labute approximate surface area is 178 Å². The summed E-state index contributed by atoms with van der Waals surface area (Å²) in [6.45, 7) is 1.70. The third-order valence-corrected chi connectivity index (χ3v) is 5.40. The van der Waals surface area contributed by atoms with Crippen LogP contribution in [0.3, 0.4) is 0 Å². The number of aliphatic hydroxyl groups excluding tert-OH is 1. The van der Waals surface area contributed by atoms with Crippen LogP contribution in [0.15, 0.2) is 54.8 Å². The summed E-state index contributed by atoms with van der Waals surface area (Å²) in [7, 11) is 0. The Morgan fingerprint density at radius 1 is 1.13 bits per heavy atom. The molecule has 0 aliphatic carbocycles. The predicted molar refractivity (Wildman–Crippen MR) is 109 cm³/mol. The van der Waals surface area contributed by atoms with Crippen LogP contribution in [-0.4, -0.2) is 15.4 Å². The summed E-state index contributed by atoms with van der Waals surface area (Å²) in [6, 6.07) is 10.4. The number of benzene rings is 2. The molecule has 0 bridgehead atoms. The Morgan fingerprint density at radius 2 is 1.70 bits per heavy atom. The molecule has 0 saturated heterocycles. The molecular formula is C20H14ClF3N2O3S. The lowest BCUT2D eigenvalue weighted by atomic mass is 10.1. The molecule has 0 radical (unpaired) electrons. The van der Waals surface area contributed by atoms with Crippen molar-refractivity contribution in [3.63, 3.8) is 0 Å². The van der Waals surface area contributed by atoms with Gasteiger partial charge in [0.25, 0.3) is 5.91 Å². The number of ether oxygens (including phenoxy) is 1. The highest BCUT2D eigenvalue weighted by atomic mass is 35.5. The van der Waals surface area contributed by atoms with E-state index in [-0.39, 0.29) is 11.3 Å². The van der Waals surface area contributed by atoms with Crippen molar-refractivity contribution in [3.8, 4) is 11.5 Å². The number of anilines is 1. The minimum atomic E-state index is -4.42. The second-order valence-corrected chi connectivity index (χ2v) is 7.21. The summed E-state index contributed by atoms with van der Waals surface area (Å²) < 4.78 is 47.4. The first-order valence-corrected chi connectivity index (χ1v) is 9.57. The molecule has 3 rings (SSSR count). The van der Waals surface area contributed by atoms with Gasteiger partial charge >= 0.3 is 6.18 Å². The van der Waals surface area contributed by atoms with Gasteiger partial charge in [-0.25, -0.2) is 0 Å². The number of hydrogen-bond acceptors (Lipinski definition) is 5. The van der Waals surface area contributed by atoms with Crippen molar-refractivity contribution in [1.82, 2.24) is 4.37 Å². The summed E-state index contributed by atoms with van der Waals surface area (Å²) in [4.78, 5) is 12.5. The zero-order chi connectivity index (χ0) is 21.9. The fourth-order valence-corrected chi connectivity index (χ4v) is 3.35. The number of rotatable bonds is 5. The SMILES string of the molecule is Cc1nsc(NC(=O)/C(=C/O)c2ccc(Oc3ccc(C(F)(F)F)cc3)cc2)c1Cl. The molecule has 30 heavy (non-hydrogen) atoms. The van der Waals surface area contributed by atoms with Crippen LogP contribution in [0.5, 0.6) is 11.5 Å². The third-order valence-electron chi connectivity index (χ3n) is 3.97. The Bertz CT molecular complexity index is 1080. The lowest BCUT2D eigenvalue weighted by molar-refractivity contribution is -0.137. The molecule has 0 unspecified atom stereocenters. The van der Waals surface area contributed by atoms with Crippen LogP contribution in [0.4, 0.5) is 18.2 Å². The van der Waals surface area contributed by atoms with Crippen LogP contribution in [-0.2, 0) is 11.0 Å². The molecule has 2 aromatic carbocycles. The van der Waals surface area contributed by atoms with Crippen LogP contribution in [0, 0.1) is 6.92 Å². The molecule has 0 atom stereocenters. The molecule has 1 aromatic heterocycles. The molecule has 3 aromatic rings. The number of hydrogen-bond donors (Lipinski definition) is 2. The number of aryl methyl sites for hydroxylation is 1. The van der Waals surface area contributed by atoms with Gasteiger partial charge in [0.15, 0.2) is 0 Å². The van der Waals surface area contributed by atoms with E-state index in [4.69, 9.17) is 16.3 Å². The van der Waals surface area contributed by atoms with E-state index >= 15 is 0 Å². The summed E-state index contributed by atoms with van der Waals surface area (Å²) in [5, 5.41) is 12.8. The largest absolute Gasteiger partial charge is 0.515 e.